The molecule has 0 radical (unpaired) electrons. The average Bonchev–Trinajstić information content (AvgIpc) is 2.83. The van der Waals surface area contributed by atoms with E-state index in [1.807, 2.05) is 12.1 Å². The predicted octanol–water partition coefficient (Wildman–Crippen LogP) is 4.36. The van der Waals surface area contributed by atoms with Gasteiger partial charge in [-0.25, -0.2) is 4.98 Å². The molecule has 0 atom stereocenters. The van der Waals surface area contributed by atoms with Crippen LogP contribution in [0.3, 0.4) is 0 Å². The Morgan fingerprint density at radius 3 is 2.76 bits per heavy atom. The Morgan fingerprint density at radius 1 is 1.29 bits per heavy atom. The van der Waals surface area contributed by atoms with Crippen molar-refractivity contribution < 1.29 is 4.74 Å². The average molecular weight is 300 g/mol. The van der Waals surface area contributed by atoms with Gasteiger partial charge in [-0.05, 0) is 43.5 Å². The summed E-state index contributed by atoms with van der Waals surface area (Å²) in [4.78, 5) is 5.70. The fraction of sp³-hybridized carbons (Fsp3) is 0.412. The standard InChI is InChI=1S/C17H20N2OS/c1-4-5-15-16(8-9-18)21-17(19-15)11-20-14-7-6-12(2)13(3)10-14/h6-7,10H,4-5,8,11H2,1-3H3. The fourth-order valence-corrected chi connectivity index (χ4v) is 3.05. The van der Waals surface area contributed by atoms with Gasteiger partial charge in [-0.2, -0.15) is 5.26 Å². The molecular formula is C17H20N2OS. The van der Waals surface area contributed by atoms with Crippen LogP contribution in [0, 0.1) is 25.2 Å². The predicted molar refractivity (Wildman–Crippen MR) is 85.7 cm³/mol. The van der Waals surface area contributed by atoms with Crippen molar-refractivity contribution in [1.82, 2.24) is 4.98 Å². The van der Waals surface area contributed by atoms with Crippen LogP contribution in [-0.4, -0.2) is 4.98 Å². The highest BCUT2D eigenvalue weighted by Gasteiger charge is 2.11. The van der Waals surface area contributed by atoms with E-state index in [-0.39, 0.29) is 0 Å². The first-order valence-electron chi connectivity index (χ1n) is 7.18. The van der Waals surface area contributed by atoms with Gasteiger partial charge < -0.3 is 4.74 Å². The SMILES string of the molecule is CCCc1nc(COc2ccc(C)c(C)c2)sc1CC#N. The molecule has 0 unspecified atom stereocenters. The third-order valence-electron chi connectivity index (χ3n) is 3.39. The van der Waals surface area contributed by atoms with Crippen LogP contribution in [0.25, 0.3) is 0 Å². The molecule has 1 aromatic carbocycles. The molecule has 3 nitrogen and oxygen atoms in total. The zero-order valence-electron chi connectivity index (χ0n) is 12.8. The molecule has 0 saturated heterocycles. The summed E-state index contributed by atoms with van der Waals surface area (Å²) in [6.07, 6.45) is 2.41. The van der Waals surface area contributed by atoms with Gasteiger partial charge in [-0.3, -0.25) is 0 Å². The smallest absolute Gasteiger partial charge is 0.140 e. The van der Waals surface area contributed by atoms with Crippen LogP contribution < -0.4 is 4.74 Å². The van der Waals surface area contributed by atoms with Crippen LogP contribution in [0.5, 0.6) is 5.75 Å². The van der Waals surface area contributed by atoms with E-state index in [0.717, 1.165) is 34.2 Å². The molecule has 2 aromatic rings. The van der Waals surface area contributed by atoms with Crippen molar-refractivity contribution in [1.29, 1.82) is 5.26 Å². The molecule has 0 amide bonds. The maximum absolute atomic E-state index is 8.88. The lowest BCUT2D eigenvalue weighted by atomic mass is 10.1. The van der Waals surface area contributed by atoms with Gasteiger partial charge in [0, 0.05) is 4.88 Å². The summed E-state index contributed by atoms with van der Waals surface area (Å²) in [7, 11) is 0. The van der Waals surface area contributed by atoms with Gasteiger partial charge in [0.2, 0.25) is 0 Å². The van der Waals surface area contributed by atoms with Gasteiger partial charge in [0.25, 0.3) is 0 Å². The molecule has 4 heteroatoms. The minimum Gasteiger partial charge on any atom is -0.486 e. The largest absolute Gasteiger partial charge is 0.486 e. The van der Waals surface area contributed by atoms with Gasteiger partial charge >= 0.3 is 0 Å². The molecule has 0 aliphatic heterocycles. The summed E-state index contributed by atoms with van der Waals surface area (Å²) in [5.74, 6) is 0.868. The zero-order chi connectivity index (χ0) is 15.2. The maximum atomic E-state index is 8.88. The Morgan fingerprint density at radius 2 is 2.10 bits per heavy atom. The minimum atomic E-state index is 0.441. The summed E-state index contributed by atoms with van der Waals surface area (Å²) in [5, 5.41) is 9.83. The number of rotatable bonds is 6. The highest BCUT2D eigenvalue weighted by molar-refractivity contribution is 7.11. The second-order valence-corrected chi connectivity index (χ2v) is 6.27. The van der Waals surface area contributed by atoms with E-state index in [1.54, 1.807) is 11.3 Å². The molecule has 0 aliphatic rings. The lowest BCUT2D eigenvalue weighted by molar-refractivity contribution is 0.305. The Hall–Kier alpha value is -1.86. The second-order valence-electron chi connectivity index (χ2n) is 5.10. The Kier molecular flexibility index (Phi) is 5.35. The van der Waals surface area contributed by atoms with Crippen LogP contribution in [0.4, 0.5) is 0 Å². The summed E-state index contributed by atoms with van der Waals surface area (Å²) in [5.41, 5.74) is 3.55. The van der Waals surface area contributed by atoms with Crippen molar-refractivity contribution >= 4 is 11.3 Å². The van der Waals surface area contributed by atoms with Crippen molar-refractivity contribution in [2.24, 2.45) is 0 Å². The van der Waals surface area contributed by atoms with E-state index in [2.05, 4.69) is 37.9 Å². The molecule has 0 spiro atoms. The Bertz CT molecular complexity index is 655. The zero-order valence-corrected chi connectivity index (χ0v) is 13.6. The molecule has 0 saturated carbocycles. The fourth-order valence-electron chi connectivity index (χ4n) is 2.09. The molecule has 21 heavy (non-hydrogen) atoms. The van der Waals surface area contributed by atoms with Crippen LogP contribution in [0.2, 0.25) is 0 Å². The van der Waals surface area contributed by atoms with Crippen LogP contribution in [0.15, 0.2) is 18.2 Å². The van der Waals surface area contributed by atoms with Gasteiger partial charge in [-0.1, -0.05) is 19.4 Å². The molecule has 0 aliphatic carbocycles. The van der Waals surface area contributed by atoms with Gasteiger partial charge in [0.05, 0.1) is 18.2 Å². The first-order chi connectivity index (χ1) is 10.1. The summed E-state index contributed by atoms with van der Waals surface area (Å²) in [6.45, 7) is 6.76. The summed E-state index contributed by atoms with van der Waals surface area (Å²) < 4.78 is 5.82. The molecule has 1 aromatic heterocycles. The Balaban J connectivity index is 2.07. The van der Waals surface area contributed by atoms with E-state index in [4.69, 9.17) is 10.00 Å². The van der Waals surface area contributed by atoms with Gasteiger partial charge in [0.15, 0.2) is 0 Å². The van der Waals surface area contributed by atoms with Crippen molar-refractivity contribution in [3.05, 3.63) is 44.9 Å². The number of thiazole rings is 1. The molecule has 0 bridgehead atoms. The monoisotopic (exact) mass is 300 g/mol. The molecular weight excluding hydrogens is 280 g/mol. The topological polar surface area (TPSA) is 45.9 Å². The van der Waals surface area contributed by atoms with Gasteiger partial charge in [0.1, 0.15) is 17.4 Å². The number of benzene rings is 1. The summed E-state index contributed by atoms with van der Waals surface area (Å²) >= 11 is 1.59. The molecule has 1 heterocycles. The highest BCUT2D eigenvalue weighted by Crippen LogP contribution is 2.23. The number of nitrogens with zero attached hydrogens (tertiary/aromatic N) is 2. The molecule has 0 fully saturated rings. The Labute approximate surface area is 130 Å². The molecule has 0 N–H and O–H groups in total. The first kappa shape index (κ1) is 15.5. The number of ether oxygens (including phenoxy) is 1. The maximum Gasteiger partial charge on any atom is 0.140 e. The van der Waals surface area contributed by atoms with E-state index in [9.17, 15) is 0 Å². The lowest BCUT2D eigenvalue weighted by Gasteiger charge is -2.06. The highest BCUT2D eigenvalue weighted by atomic mass is 32.1. The number of hydrogen-bond acceptors (Lipinski definition) is 4. The van der Waals surface area contributed by atoms with Crippen LogP contribution in [-0.2, 0) is 19.4 Å². The third-order valence-corrected chi connectivity index (χ3v) is 4.46. The first-order valence-corrected chi connectivity index (χ1v) is 8.00. The number of nitriles is 1. The van der Waals surface area contributed by atoms with E-state index in [0.29, 0.717) is 13.0 Å². The van der Waals surface area contributed by atoms with E-state index < -0.39 is 0 Å². The van der Waals surface area contributed by atoms with Crippen molar-refractivity contribution in [2.45, 2.75) is 46.6 Å². The van der Waals surface area contributed by atoms with Crippen molar-refractivity contribution in [3.8, 4) is 11.8 Å². The number of aryl methyl sites for hydroxylation is 3. The van der Waals surface area contributed by atoms with E-state index >= 15 is 0 Å². The number of aromatic nitrogens is 1. The number of hydrogen-bond donors (Lipinski definition) is 0. The quantitative estimate of drug-likeness (QED) is 0.796. The second kappa shape index (κ2) is 7.24. The van der Waals surface area contributed by atoms with Gasteiger partial charge in [-0.15, -0.1) is 11.3 Å². The normalized spacial score (nSPS) is 10.4. The van der Waals surface area contributed by atoms with Crippen molar-refractivity contribution in [2.75, 3.05) is 0 Å². The summed E-state index contributed by atoms with van der Waals surface area (Å²) in [6, 6.07) is 8.31. The van der Waals surface area contributed by atoms with E-state index in [1.165, 1.54) is 11.1 Å². The molecule has 110 valence electrons. The third kappa shape index (κ3) is 4.05. The van der Waals surface area contributed by atoms with Crippen molar-refractivity contribution in [3.63, 3.8) is 0 Å². The van der Waals surface area contributed by atoms with Crippen LogP contribution >= 0.6 is 11.3 Å². The van der Waals surface area contributed by atoms with Crippen LogP contribution in [0.1, 0.15) is 40.1 Å². The minimum absolute atomic E-state index is 0.441. The lowest BCUT2D eigenvalue weighted by Crippen LogP contribution is -1.96. The molecule has 2 rings (SSSR count).